The second kappa shape index (κ2) is 8.07. The van der Waals surface area contributed by atoms with E-state index >= 15 is 0 Å². The number of thioether (sulfide) groups is 1. The minimum Gasteiger partial charge on any atom is -0.370 e. The number of hydrogen-bond acceptors (Lipinski definition) is 6. The molecule has 21 heavy (non-hydrogen) atoms. The molecule has 0 saturated heterocycles. The van der Waals surface area contributed by atoms with Gasteiger partial charge in [-0.3, -0.25) is 10.1 Å². The zero-order chi connectivity index (χ0) is 15.9. The molecule has 7 heteroatoms. The molecule has 0 spiro atoms. The van der Waals surface area contributed by atoms with Crippen molar-refractivity contribution < 1.29 is 4.92 Å². The highest BCUT2D eigenvalue weighted by Gasteiger charge is 2.26. The molecule has 0 saturated carbocycles. The second-order valence-corrected chi connectivity index (χ2v) is 6.07. The molecule has 1 aromatic rings. The molecule has 0 amide bonds. The van der Waals surface area contributed by atoms with E-state index in [9.17, 15) is 10.1 Å². The largest absolute Gasteiger partial charge is 0.370 e. The van der Waals surface area contributed by atoms with E-state index in [1.807, 2.05) is 6.92 Å². The van der Waals surface area contributed by atoms with Gasteiger partial charge in [-0.2, -0.15) is 11.8 Å². The first-order valence-electron chi connectivity index (χ1n) is 7.20. The van der Waals surface area contributed by atoms with Crippen LogP contribution < -0.4 is 10.6 Å². The van der Waals surface area contributed by atoms with Crippen LogP contribution in [0.1, 0.15) is 33.6 Å². The van der Waals surface area contributed by atoms with E-state index in [0.29, 0.717) is 18.2 Å². The molecule has 0 bridgehead atoms. The van der Waals surface area contributed by atoms with Crippen molar-refractivity contribution in [1.82, 2.24) is 4.98 Å². The summed E-state index contributed by atoms with van der Waals surface area (Å²) in [5.74, 6) is 0.979. The number of nitrogens with one attached hydrogen (secondary N) is 2. The van der Waals surface area contributed by atoms with Crippen LogP contribution in [0.4, 0.5) is 17.3 Å². The lowest BCUT2D eigenvalue weighted by atomic mass is 10.0. The zero-order valence-corrected chi connectivity index (χ0v) is 13.9. The van der Waals surface area contributed by atoms with Crippen LogP contribution in [-0.4, -0.2) is 34.0 Å². The SMILES string of the molecule is CCNc1ccc([N+](=O)[O-])c(NCC(CC)(CC)SC)n1. The van der Waals surface area contributed by atoms with Crippen molar-refractivity contribution >= 4 is 29.1 Å². The topological polar surface area (TPSA) is 80.1 Å². The highest BCUT2D eigenvalue weighted by molar-refractivity contribution is 8.00. The van der Waals surface area contributed by atoms with Crippen LogP contribution in [0.25, 0.3) is 0 Å². The summed E-state index contributed by atoms with van der Waals surface area (Å²) < 4.78 is 0.0732. The first-order valence-corrected chi connectivity index (χ1v) is 8.42. The summed E-state index contributed by atoms with van der Waals surface area (Å²) in [6, 6.07) is 3.13. The van der Waals surface area contributed by atoms with Gasteiger partial charge in [0.25, 0.3) is 0 Å². The normalized spacial score (nSPS) is 11.2. The number of aromatic nitrogens is 1. The number of hydrogen-bond donors (Lipinski definition) is 2. The Morgan fingerprint density at radius 2 is 1.95 bits per heavy atom. The fraction of sp³-hybridized carbons (Fsp3) is 0.643. The van der Waals surface area contributed by atoms with E-state index < -0.39 is 4.92 Å². The van der Waals surface area contributed by atoms with Gasteiger partial charge in [-0.25, -0.2) is 4.98 Å². The van der Waals surface area contributed by atoms with Gasteiger partial charge in [0.15, 0.2) is 0 Å². The van der Waals surface area contributed by atoms with Gasteiger partial charge in [-0.05, 0) is 32.1 Å². The van der Waals surface area contributed by atoms with Crippen molar-refractivity contribution in [2.75, 3.05) is 30.0 Å². The van der Waals surface area contributed by atoms with Crippen LogP contribution in [0.15, 0.2) is 12.1 Å². The van der Waals surface area contributed by atoms with Crippen LogP contribution in [0.5, 0.6) is 0 Å². The second-order valence-electron chi connectivity index (χ2n) is 4.80. The van der Waals surface area contributed by atoms with Gasteiger partial charge in [0, 0.05) is 23.9 Å². The minimum absolute atomic E-state index is 0.0128. The maximum Gasteiger partial charge on any atom is 0.311 e. The summed E-state index contributed by atoms with van der Waals surface area (Å²) >= 11 is 1.79. The fourth-order valence-corrected chi connectivity index (χ4v) is 2.91. The summed E-state index contributed by atoms with van der Waals surface area (Å²) in [5.41, 5.74) is 0.0128. The molecule has 0 aliphatic rings. The average Bonchev–Trinajstić information content (AvgIpc) is 2.49. The van der Waals surface area contributed by atoms with Crippen molar-refractivity contribution in [1.29, 1.82) is 0 Å². The molecular formula is C14H24N4O2S. The van der Waals surface area contributed by atoms with E-state index in [1.54, 1.807) is 17.8 Å². The Morgan fingerprint density at radius 1 is 1.29 bits per heavy atom. The monoisotopic (exact) mass is 312 g/mol. The van der Waals surface area contributed by atoms with Crippen molar-refractivity contribution in [3.63, 3.8) is 0 Å². The third-order valence-electron chi connectivity index (χ3n) is 3.73. The lowest BCUT2D eigenvalue weighted by Crippen LogP contribution is -2.32. The Kier molecular flexibility index (Phi) is 6.74. The third-order valence-corrected chi connectivity index (χ3v) is 5.32. The van der Waals surface area contributed by atoms with Gasteiger partial charge in [0.1, 0.15) is 5.82 Å². The average molecular weight is 312 g/mol. The molecule has 0 aromatic carbocycles. The number of nitrogens with zero attached hydrogens (tertiary/aromatic N) is 2. The lowest BCUT2D eigenvalue weighted by molar-refractivity contribution is -0.384. The highest BCUT2D eigenvalue weighted by atomic mass is 32.2. The fourth-order valence-electron chi connectivity index (χ4n) is 2.11. The molecular weight excluding hydrogens is 288 g/mol. The molecule has 1 heterocycles. The number of anilines is 2. The van der Waals surface area contributed by atoms with E-state index in [1.165, 1.54) is 6.07 Å². The Morgan fingerprint density at radius 3 is 2.43 bits per heavy atom. The van der Waals surface area contributed by atoms with E-state index in [-0.39, 0.29) is 10.4 Å². The van der Waals surface area contributed by atoms with Crippen molar-refractivity contribution in [3.05, 3.63) is 22.2 Å². The summed E-state index contributed by atoms with van der Waals surface area (Å²) in [6.07, 6.45) is 4.07. The molecule has 1 aromatic heterocycles. The summed E-state index contributed by atoms with van der Waals surface area (Å²) in [4.78, 5) is 15.0. The molecule has 0 radical (unpaired) electrons. The van der Waals surface area contributed by atoms with Crippen LogP contribution in [0, 0.1) is 10.1 Å². The first kappa shape index (κ1) is 17.6. The summed E-state index contributed by atoms with van der Waals surface area (Å²) in [6.45, 7) is 7.62. The lowest BCUT2D eigenvalue weighted by Gasteiger charge is -2.30. The van der Waals surface area contributed by atoms with Crippen LogP contribution >= 0.6 is 11.8 Å². The molecule has 0 fully saturated rings. The molecule has 1 rings (SSSR count). The van der Waals surface area contributed by atoms with Crippen molar-refractivity contribution in [2.45, 2.75) is 38.4 Å². The van der Waals surface area contributed by atoms with Gasteiger partial charge in [-0.15, -0.1) is 0 Å². The Hall–Kier alpha value is -1.50. The van der Waals surface area contributed by atoms with Crippen LogP contribution in [-0.2, 0) is 0 Å². The van der Waals surface area contributed by atoms with Gasteiger partial charge in [-0.1, -0.05) is 13.8 Å². The molecule has 0 aliphatic heterocycles. The predicted octanol–water partition coefficient (Wildman–Crippen LogP) is 3.76. The number of pyridine rings is 1. The predicted molar refractivity (Wildman–Crippen MR) is 90.4 cm³/mol. The van der Waals surface area contributed by atoms with E-state index in [0.717, 1.165) is 19.4 Å². The minimum atomic E-state index is -0.399. The molecule has 0 aliphatic carbocycles. The van der Waals surface area contributed by atoms with Gasteiger partial charge in [0.05, 0.1) is 4.92 Å². The van der Waals surface area contributed by atoms with Gasteiger partial charge in [0.2, 0.25) is 5.82 Å². The summed E-state index contributed by atoms with van der Waals surface area (Å²) in [7, 11) is 0. The molecule has 2 N–H and O–H groups in total. The smallest absolute Gasteiger partial charge is 0.311 e. The van der Waals surface area contributed by atoms with Crippen LogP contribution in [0.2, 0.25) is 0 Å². The molecule has 118 valence electrons. The maximum atomic E-state index is 11.1. The van der Waals surface area contributed by atoms with Crippen LogP contribution in [0.3, 0.4) is 0 Å². The Labute approximate surface area is 130 Å². The standard InChI is InChI=1S/C14H24N4O2S/c1-5-14(6-2,21-4)10-16-13-11(18(19)20)8-9-12(17-13)15-7-3/h8-9H,5-7,10H2,1-4H3,(H2,15,16,17). The Balaban J connectivity index is 2.98. The first-order chi connectivity index (χ1) is 10.0. The van der Waals surface area contributed by atoms with E-state index in [2.05, 4.69) is 35.7 Å². The van der Waals surface area contributed by atoms with Crippen molar-refractivity contribution in [3.8, 4) is 0 Å². The Bertz CT molecular complexity index is 470. The zero-order valence-electron chi connectivity index (χ0n) is 13.1. The molecule has 0 atom stereocenters. The van der Waals surface area contributed by atoms with Crippen molar-refractivity contribution in [2.24, 2.45) is 0 Å². The number of rotatable bonds is 9. The third kappa shape index (κ3) is 4.49. The quantitative estimate of drug-likeness (QED) is 0.534. The molecule has 6 nitrogen and oxygen atoms in total. The number of nitro groups is 1. The maximum absolute atomic E-state index is 11.1. The summed E-state index contributed by atoms with van der Waals surface area (Å²) in [5, 5.41) is 17.4. The van der Waals surface area contributed by atoms with Gasteiger partial charge < -0.3 is 10.6 Å². The van der Waals surface area contributed by atoms with Gasteiger partial charge >= 0.3 is 5.69 Å². The highest BCUT2D eigenvalue weighted by Crippen LogP contribution is 2.32. The van der Waals surface area contributed by atoms with E-state index in [4.69, 9.17) is 0 Å². The molecule has 0 unspecified atom stereocenters.